The lowest BCUT2D eigenvalue weighted by Gasteiger charge is -2.14. The molecular formula is C13H19F2NO. The molecule has 0 aliphatic heterocycles. The molecule has 0 aromatic heterocycles. The Morgan fingerprint density at radius 1 is 1.35 bits per heavy atom. The molecule has 0 saturated heterocycles. The molecule has 0 spiro atoms. The fourth-order valence-corrected chi connectivity index (χ4v) is 1.41. The van der Waals surface area contributed by atoms with Gasteiger partial charge in [0.25, 0.3) is 0 Å². The van der Waals surface area contributed by atoms with Gasteiger partial charge in [0.1, 0.15) is 0 Å². The van der Waals surface area contributed by atoms with E-state index in [1.807, 2.05) is 6.92 Å². The van der Waals surface area contributed by atoms with Crippen LogP contribution in [0.3, 0.4) is 0 Å². The van der Waals surface area contributed by atoms with E-state index in [-0.39, 0.29) is 11.7 Å². The third kappa shape index (κ3) is 4.69. The number of benzene rings is 1. The van der Waals surface area contributed by atoms with Gasteiger partial charge in [-0.3, -0.25) is 0 Å². The first kappa shape index (κ1) is 13.9. The van der Waals surface area contributed by atoms with Crippen molar-refractivity contribution in [2.75, 3.05) is 19.7 Å². The first-order valence-electron chi connectivity index (χ1n) is 5.92. The Labute approximate surface area is 101 Å². The molecule has 2 nitrogen and oxygen atoms in total. The maximum Gasteiger partial charge on any atom is 0.200 e. The van der Waals surface area contributed by atoms with Gasteiger partial charge in [-0.25, -0.2) is 4.39 Å². The molecule has 1 rings (SSSR count). The summed E-state index contributed by atoms with van der Waals surface area (Å²) in [4.78, 5) is 0. The average molecular weight is 243 g/mol. The maximum atomic E-state index is 13.2. The topological polar surface area (TPSA) is 21.3 Å². The summed E-state index contributed by atoms with van der Waals surface area (Å²) in [6, 6.07) is 3.95. The van der Waals surface area contributed by atoms with Gasteiger partial charge in [0.15, 0.2) is 11.6 Å². The molecule has 1 aromatic rings. The number of halogens is 2. The van der Waals surface area contributed by atoms with Gasteiger partial charge in [-0.1, -0.05) is 19.9 Å². The number of hydrogen-bond acceptors (Lipinski definition) is 2. The predicted octanol–water partition coefficient (Wildman–Crippen LogP) is 2.98. The zero-order valence-electron chi connectivity index (χ0n) is 10.3. The Morgan fingerprint density at radius 3 is 2.82 bits per heavy atom. The van der Waals surface area contributed by atoms with Gasteiger partial charge < -0.3 is 10.1 Å². The van der Waals surface area contributed by atoms with Crippen molar-refractivity contribution < 1.29 is 13.5 Å². The molecule has 4 heteroatoms. The smallest absolute Gasteiger partial charge is 0.200 e. The summed E-state index contributed by atoms with van der Waals surface area (Å²) in [5.41, 5.74) is 0. The van der Waals surface area contributed by atoms with E-state index < -0.39 is 11.6 Å². The summed E-state index contributed by atoms with van der Waals surface area (Å²) in [5, 5.41) is 3.25. The molecule has 1 atom stereocenters. The fraction of sp³-hybridized carbons (Fsp3) is 0.538. The highest BCUT2D eigenvalue weighted by Gasteiger charge is 2.10. The molecule has 0 aliphatic carbocycles. The Kier molecular flexibility index (Phi) is 5.91. The van der Waals surface area contributed by atoms with E-state index in [1.165, 1.54) is 12.1 Å². The van der Waals surface area contributed by atoms with Gasteiger partial charge in [-0.05, 0) is 25.1 Å². The van der Waals surface area contributed by atoms with E-state index in [4.69, 9.17) is 4.74 Å². The Hall–Kier alpha value is -1.16. The molecule has 0 aliphatic rings. The molecule has 17 heavy (non-hydrogen) atoms. The van der Waals surface area contributed by atoms with Crippen LogP contribution in [0.4, 0.5) is 8.78 Å². The summed E-state index contributed by atoms with van der Waals surface area (Å²) in [6.45, 7) is 6.23. The van der Waals surface area contributed by atoms with Crippen molar-refractivity contribution in [1.29, 1.82) is 0 Å². The lowest BCUT2D eigenvalue weighted by molar-refractivity contribution is 0.242. The van der Waals surface area contributed by atoms with Crippen molar-refractivity contribution in [3.63, 3.8) is 0 Å². The van der Waals surface area contributed by atoms with Crippen molar-refractivity contribution in [2.45, 2.75) is 20.3 Å². The standard InChI is InChI=1S/C13H19F2NO/c1-3-7-16-8-10(2)9-17-12-6-4-5-11(14)13(12)15/h4-6,10,16H,3,7-9H2,1-2H3. The molecule has 0 amide bonds. The van der Waals surface area contributed by atoms with E-state index in [1.54, 1.807) is 0 Å². The fourth-order valence-electron chi connectivity index (χ4n) is 1.41. The third-order valence-electron chi connectivity index (χ3n) is 2.36. The highest BCUT2D eigenvalue weighted by atomic mass is 19.2. The van der Waals surface area contributed by atoms with Crippen molar-refractivity contribution in [3.8, 4) is 5.75 Å². The van der Waals surface area contributed by atoms with Crippen LogP contribution < -0.4 is 10.1 Å². The van der Waals surface area contributed by atoms with E-state index >= 15 is 0 Å². The van der Waals surface area contributed by atoms with Crippen LogP contribution in [0.5, 0.6) is 5.75 Å². The second-order valence-corrected chi connectivity index (χ2v) is 4.17. The molecule has 1 unspecified atom stereocenters. The summed E-state index contributed by atoms with van der Waals surface area (Å²) < 4.78 is 31.4. The first-order chi connectivity index (χ1) is 8.15. The SMILES string of the molecule is CCCNCC(C)COc1cccc(F)c1F. The Balaban J connectivity index is 2.37. The second-order valence-electron chi connectivity index (χ2n) is 4.17. The van der Waals surface area contributed by atoms with E-state index in [9.17, 15) is 8.78 Å². The van der Waals surface area contributed by atoms with Crippen molar-refractivity contribution >= 4 is 0 Å². The highest BCUT2D eigenvalue weighted by Crippen LogP contribution is 2.19. The Bertz CT molecular complexity index is 344. The van der Waals surface area contributed by atoms with Crippen molar-refractivity contribution in [2.24, 2.45) is 5.92 Å². The summed E-state index contributed by atoms with van der Waals surface area (Å²) in [7, 11) is 0. The molecular weight excluding hydrogens is 224 g/mol. The number of nitrogens with one attached hydrogen (secondary N) is 1. The van der Waals surface area contributed by atoms with E-state index in [2.05, 4.69) is 12.2 Å². The van der Waals surface area contributed by atoms with Gasteiger partial charge in [0, 0.05) is 12.5 Å². The number of hydrogen-bond donors (Lipinski definition) is 1. The summed E-state index contributed by atoms with van der Waals surface area (Å²) in [6.07, 6.45) is 1.08. The van der Waals surface area contributed by atoms with Gasteiger partial charge in [-0.15, -0.1) is 0 Å². The van der Waals surface area contributed by atoms with Crippen LogP contribution >= 0.6 is 0 Å². The molecule has 0 radical (unpaired) electrons. The molecule has 0 heterocycles. The normalized spacial score (nSPS) is 12.5. The van der Waals surface area contributed by atoms with Crippen LogP contribution in [-0.2, 0) is 0 Å². The minimum atomic E-state index is -0.916. The first-order valence-corrected chi connectivity index (χ1v) is 5.92. The van der Waals surface area contributed by atoms with E-state index in [0.717, 1.165) is 25.6 Å². The molecule has 96 valence electrons. The molecule has 0 bridgehead atoms. The number of ether oxygens (including phenoxy) is 1. The quantitative estimate of drug-likeness (QED) is 0.743. The largest absolute Gasteiger partial charge is 0.490 e. The monoisotopic (exact) mass is 243 g/mol. The van der Waals surface area contributed by atoms with Crippen LogP contribution in [0.25, 0.3) is 0 Å². The summed E-state index contributed by atoms with van der Waals surface area (Å²) >= 11 is 0. The third-order valence-corrected chi connectivity index (χ3v) is 2.36. The zero-order chi connectivity index (χ0) is 12.7. The van der Waals surface area contributed by atoms with Gasteiger partial charge in [0.05, 0.1) is 6.61 Å². The lowest BCUT2D eigenvalue weighted by Crippen LogP contribution is -2.25. The van der Waals surface area contributed by atoms with E-state index in [0.29, 0.717) is 6.61 Å². The van der Waals surface area contributed by atoms with Crippen LogP contribution in [0, 0.1) is 17.6 Å². The van der Waals surface area contributed by atoms with Crippen molar-refractivity contribution in [3.05, 3.63) is 29.8 Å². The van der Waals surface area contributed by atoms with Crippen LogP contribution in [0.15, 0.2) is 18.2 Å². The Morgan fingerprint density at radius 2 is 2.12 bits per heavy atom. The van der Waals surface area contributed by atoms with Crippen LogP contribution in [0.1, 0.15) is 20.3 Å². The minimum Gasteiger partial charge on any atom is -0.490 e. The average Bonchev–Trinajstić information content (AvgIpc) is 2.31. The van der Waals surface area contributed by atoms with Gasteiger partial charge in [-0.2, -0.15) is 4.39 Å². The second kappa shape index (κ2) is 7.22. The van der Waals surface area contributed by atoms with Gasteiger partial charge in [0.2, 0.25) is 5.82 Å². The highest BCUT2D eigenvalue weighted by molar-refractivity contribution is 5.24. The lowest BCUT2D eigenvalue weighted by atomic mass is 10.2. The minimum absolute atomic E-state index is 0.0210. The van der Waals surface area contributed by atoms with Gasteiger partial charge >= 0.3 is 0 Å². The van der Waals surface area contributed by atoms with Crippen LogP contribution in [-0.4, -0.2) is 19.7 Å². The maximum absolute atomic E-state index is 13.2. The zero-order valence-corrected chi connectivity index (χ0v) is 10.3. The summed E-state index contributed by atoms with van der Waals surface area (Å²) in [5.74, 6) is -1.56. The van der Waals surface area contributed by atoms with Crippen molar-refractivity contribution in [1.82, 2.24) is 5.32 Å². The predicted molar refractivity (Wildman–Crippen MR) is 64.2 cm³/mol. The number of rotatable bonds is 7. The van der Waals surface area contributed by atoms with Crippen LogP contribution in [0.2, 0.25) is 0 Å². The molecule has 0 fully saturated rings. The molecule has 1 aromatic carbocycles. The molecule has 0 saturated carbocycles. The molecule has 1 N–H and O–H groups in total.